The second-order valence-corrected chi connectivity index (χ2v) is 7.11. The second kappa shape index (κ2) is 5.33. The van der Waals surface area contributed by atoms with Gasteiger partial charge in [-0.15, -0.1) is 11.3 Å². The third-order valence-corrected chi connectivity index (χ3v) is 5.85. The molecule has 0 radical (unpaired) electrons. The van der Waals surface area contributed by atoms with Crippen LogP contribution in [0.4, 0.5) is 0 Å². The molecule has 0 saturated carbocycles. The fourth-order valence-electron chi connectivity index (χ4n) is 3.37. The van der Waals surface area contributed by atoms with E-state index in [1.54, 1.807) is 7.11 Å². The highest BCUT2D eigenvalue weighted by atomic mass is 32.1. The van der Waals surface area contributed by atoms with Crippen molar-refractivity contribution in [2.45, 2.75) is 6.10 Å². The van der Waals surface area contributed by atoms with Gasteiger partial charge in [0, 0.05) is 20.2 Å². The minimum Gasteiger partial charge on any atom is -0.497 e. The van der Waals surface area contributed by atoms with E-state index in [-0.39, 0.29) is 6.10 Å². The summed E-state index contributed by atoms with van der Waals surface area (Å²) in [7, 11) is 1.71. The van der Waals surface area contributed by atoms with Crippen LogP contribution >= 0.6 is 11.3 Å². The average molecular weight is 332 g/mol. The number of thiophene rings is 1. The van der Waals surface area contributed by atoms with Crippen LogP contribution < -0.4 is 4.74 Å². The normalized spacial score (nSPS) is 16.6. The monoisotopic (exact) mass is 332 g/mol. The molecule has 3 aromatic carbocycles. The molecule has 4 aromatic rings. The molecule has 0 spiro atoms. The van der Waals surface area contributed by atoms with Crippen molar-refractivity contribution in [1.29, 1.82) is 0 Å². The Kier molecular flexibility index (Phi) is 3.12. The zero-order valence-electron chi connectivity index (χ0n) is 13.3. The van der Waals surface area contributed by atoms with Gasteiger partial charge in [-0.3, -0.25) is 0 Å². The van der Waals surface area contributed by atoms with Crippen LogP contribution in [0.2, 0.25) is 0 Å². The molecule has 0 aliphatic carbocycles. The molecule has 1 aliphatic heterocycles. The fourth-order valence-corrected chi connectivity index (χ4v) is 4.60. The van der Waals surface area contributed by atoms with Crippen LogP contribution in [0, 0.1) is 0 Å². The molecule has 1 saturated heterocycles. The number of epoxide rings is 1. The number of rotatable bonds is 3. The molecule has 2 heterocycles. The maximum absolute atomic E-state index is 5.58. The van der Waals surface area contributed by atoms with E-state index in [1.165, 1.54) is 36.9 Å². The molecule has 0 bridgehead atoms. The first kappa shape index (κ1) is 14.0. The summed E-state index contributed by atoms with van der Waals surface area (Å²) in [6.07, 6.45) is 0.194. The molecule has 0 N–H and O–H groups in total. The first-order valence-electron chi connectivity index (χ1n) is 8.05. The topological polar surface area (TPSA) is 21.8 Å². The Morgan fingerprint density at radius 2 is 1.79 bits per heavy atom. The molecular formula is C21H16O2S. The summed E-state index contributed by atoms with van der Waals surface area (Å²) in [5.41, 5.74) is 3.75. The first-order chi connectivity index (χ1) is 11.8. The lowest BCUT2D eigenvalue weighted by atomic mass is 9.96. The van der Waals surface area contributed by atoms with Crippen LogP contribution in [0.15, 0.2) is 60.7 Å². The first-order valence-corrected chi connectivity index (χ1v) is 8.87. The van der Waals surface area contributed by atoms with Crippen LogP contribution in [-0.4, -0.2) is 13.7 Å². The molecule has 1 atom stereocenters. The molecule has 0 amide bonds. The highest BCUT2D eigenvalue weighted by molar-refractivity contribution is 7.26. The summed E-state index contributed by atoms with van der Waals surface area (Å²) >= 11 is 1.86. The maximum atomic E-state index is 5.58. The Labute approximate surface area is 144 Å². The Hall–Kier alpha value is -2.36. The van der Waals surface area contributed by atoms with Crippen molar-refractivity contribution in [2.75, 3.05) is 13.7 Å². The number of hydrogen-bond acceptors (Lipinski definition) is 3. The molecule has 1 unspecified atom stereocenters. The lowest BCUT2D eigenvalue weighted by Crippen LogP contribution is -1.91. The Morgan fingerprint density at radius 3 is 2.62 bits per heavy atom. The number of benzene rings is 3. The van der Waals surface area contributed by atoms with Crippen molar-refractivity contribution >= 4 is 31.5 Å². The highest BCUT2D eigenvalue weighted by Crippen LogP contribution is 2.44. The Morgan fingerprint density at radius 1 is 0.958 bits per heavy atom. The molecule has 1 aliphatic rings. The molecular weight excluding hydrogens is 316 g/mol. The quantitative estimate of drug-likeness (QED) is 0.442. The van der Waals surface area contributed by atoms with Crippen molar-refractivity contribution in [2.24, 2.45) is 0 Å². The van der Waals surface area contributed by atoms with Crippen molar-refractivity contribution in [3.8, 4) is 16.9 Å². The van der Waals surface area contributed by atoms with Gasteiger partial charge in [0.2, 0.25) is 0 Å². The summed E-state index contributed by atoms with van der Waals surface area (Å²) in [6.45, 7) is 0.794. The van der Waals surface area contributed by atoms with Crippen molar-refractivity contribution in [3.63, 3.8) is 0 Å². The summed E-state index contributed by atoms with van der Waals surface area (Å²) in [5, 5.41) is 2.66. The Balaban J connectivity index is 1.80. The van der Waals surface area contributed by atoms with Gasteiger partial charge in [0.1, 0.15) is 11.9 Å². The molecule has 1 fully saturated rings. The van der Waals surface area contributed by atoms with Gasteiger partial charge in [-0.05, 0) is 34.9 Å². The Bertz CT molecular complexity index is 1060. The van der Waals surface area contributed by atoms with Gasteiger partial charge in [0.05, 0.1) is 13.7 Å². The average Bonchev–Trinajstić information content (AvgIpc) is 3.41. The third-order valence-electron chi connectivity index (χ3n) is 4.63. The standard InChI is InChI=1S/C21H16O2S/c1-22-13-9-10-14(18(11-13)19-12-23-19)16-6-4-7-17-15-5-2-3-8-20(15)24-21(16)17/h2-11,19H,12H2,1H3. The molecule has 3 heteroatoms. The molecule has 118 valence electrons. The smallest absolute Gasteiger partial charge is 0.119 e. The lowest BCUT2D eigenvalue weighted by Gasteiger charge is -2.11. The van der Waals surface area contributed by atoms with E-state index in [0.29, 0.717) is 0 Å². The summed E-state index contributed by atoms with van der Waals surface area (Å²) in [4.78, 5) is 0. The molecule has 24 heavy (non-hydrogen) atoms. The van der Waals surface area contributed by atoms with Gasteiger partial charge in [-0.2, -0.15) is 0 Å². The van der Waals surface area contributed by atoms with E-state index < -0.39 is 0 Å². The van der Waals surface area contributed by atoms with Crippen LogP contribution in [0.5, 0.6) is 5.75 Å². The van der Waals surface area contributed by atoms with Gasteiger partial charge in [0.25, 0.3) is 0 Å². The summed E-state index contributed by atoms with van der Waals surface area (Å²) < 4.78 is 13.7. The van der Waals surface area contributed by atoms with Crippen LogP contribution in [0.3, 0.4) is 0 Å². The van der Waals surface area contributed by atoms with E-state index in [9.17, 15) is 0 Å². The number of methoxy groups -OCH3 is 1. The number of hydrogen-bond donors (Lipinski definition) is 0. The van der Waals surface area contributed by atoms with E-state index >= 15 is 0 Å². The van der Waals surface area contributed by atoms with E-state index in [0.717, 1.165) is 12.4 Å². The van der Waals surface area contributed by atoms with Crippen molar-refractivity contribution in [3.05, 3.63) is 66.2 Å². The zero-order chi connectivity index (χ0) is 16.1. The van der Waals surface area contributed by atoms with Gasteiger partial charge in [-0.25, -0.2) is 0 Å². The van der Waals surface area contributed by atoms with Crippen molar-refractivity contribution in [1.82, 2.24) is 0 Å². The van der Waals surface area contributed by atoms with Crippen LogP contribution in [0.1, 0.15) is 11.7 Å². The largest absolute Gasteiger partial charge is 0.497 e. The third kappa shape index (κ3) is 2.13. The SMILES string of the molecule is COc1ccc(-c2cccc3c2sc2ccccc23)c(C2CO2)c1. The maximum Gasteiger partial charge on any atom is 0.119 e. The second-order valence-electron chi connectivity index (χ2n) is 6.06. The molecule has 2 nitrogen and oxygen atoms in total. The minimum absolute atomic E-state index is 0.194. The van der Waals surface area contributed by atoms with Gasteiger partial charge in [0.15, 0.2) is 0 Å². The summed E-state index contributed by atoms with van der Waals surface area (Å²) in [5.74, 6) is 0.882. The van der Waals surface area contributed by atoms with Crippen LogP contribution in [-0.2, 0) is 4.74 Å². The number of ether oxygens (including phenoxy) is 2. The predicted molar refractivity (Wildman–Crippen MR) is 100 cm³/mol. The van der Waals surface area contributed by atoms with E-state index in [1.807, 2.05) is 17.4 Å². The molecule has 5 rings (SSSR count). The number of fused-ring (bicyclic) bond motifs is 3. The van der Waals surface area contributed by atoms with Crippen LogP contribution in [0.25, 0.3) is 31.3 Å². The van der Waals surface area contributed by atoms with E-state index in [2.05, 4.69) is 54.6 Å². The highest BCUT2D eigenvalue weighted by Gasteiger charge is 2.29. The molecule has 1 aromatic heterocycles. The fraction of sp³-hybridized carbons (Fsp3) is 0.143. The van der Waals surface area contributed by atoms with Gasteiger partial charge < -0.3 is 9.47 Å². The van der Waals surface area contributed by atoms with Gasteiger partial charge >= 0.3 is 0 Å². The van der Waals surface area contributed by atoms with Gasteiger partial charge in [-0.1, -0.05) is 42.5 Å². The predicted octanol–water partition coefficient (Wildman–Crippen LogP) is 5.80. The van der Waals surface area contributed by atoms with E-state index in [4.69, 9.17) is 9.47 Å². The zero-order valence-corrected chi connectivity index (χ0v) is 14.1. The van der Waals surface area contributed by atoms with Crippen molar-refractivity contribution < 1.29 is 9.47 Å². The summed E-state index contributed by atoms with van der Waals surface area (Å²) in [6, 6.07) is 21.5. The minimum atomic E-state index is 0.194. The lowest BCUT2D eigenvalue weighted by molar-refractivity contribution is 0.405.